The summed E-state index contributed by atoms with van der Waals surface area (Å²) in [6.07, 6.45) is 9.89. The van der Waals surface area contributed by atoms with Crippen molar-refractivity contribution >= 4 is 23.3 Å². The maximum atomic E-state index is 10.8. The van der Waals surface area contributed by atoms with Gasteiger partial charge in [-0.3, -0.25) is 4.79 Å². The first-order valence-electron chi connectivity index (χ1n) is 13.3. The lowest BCUT2D eigenvalue weighted by Crippen LogP contribution is -2.31. The van der Waals surface area contributed by atoms with Crippen LogP contribution in [0.1, 0.15) is 43.6 Å². The Labute approximate surface area is 244 Å². The SMILES string of the molecule is C/C=C/NC.C=CCc1c(C=O)cn2ncnc(N)c12.CNC(C)(C)C.CNc1cccc(Oc2ccccc2)c1. The van der Waals surface area contributed by atoms with Gasteiger partial charge in [0.05, 0.1) is 0 Å². The van der Waals surface area contributed by atoms with Gasteiger partial charge in [-0.05, 0) is 77.2 Å². The number of anilines is 2. The van der Waals surface area contributed by atoms with Crippen LogP contribution in [0.25, 0.3) is 5.52 Å². The Balaban J connectivity index is 0.000000304. The van der Waals surface area contributed by atoms with E-state index in [4.69, 9.17) is 10.5 Å². The average Bonchev–Trinajstić information content (AvgIpc) is 3.34. The van der Waals surface area contributed by atoms with E-state index in [2.05, 4.69) is 53.4 Å². The molecule has 9 nitrogen and oxygen atoms in total. The van der Waals surface area contributed by atoms with Crippen LogP contribution in [-0.4, -0.2) is 47.6 Å². The smallest absolute Gasteiger partial charge is 0.151 e. The maximum absolute atomic E-state index is 10.8. The number of aromatic nitrogens is 3. The molecule has 220 valence electrons. The predicted octanol–water partition coefficient (Wildman–Crippen LogP) is 6.12. The van der Waals surface area contributed by atoms with Gasteiger partial charge < -0.3 is 26.4 Å². The van der Waals surface area contributed by atoms with Gasteiger partial charge in [-0.15, -0.1) is 6.58 Å². The third-order valence-corrected chi connectivity index (χ3v) is 5.40. The van der Waals surface area contributed by atoms with Crippen LogP contribution in [0.3, 0.4) is 0 Å². The number of allylic oxidation sites excluding steroid dienone is 2. The van der Waals surface area contributed by atoms with Crippen LogP contribution in [-0.2, 0) is 6.42 Å². The number of hydrogen-bond donors (Lipinski definition) is 4. The molecule has 2 heterocycles. The van der Waals surface area contributed by atoms with Gasteiger partial charge >= 0.3 is 0 Å². The number of fused-ring (bicyclic) bond motifs is 1. The second kappa shape index (κ2) is 18.6. The number of hydrogen-bond acceptors (Lipinski definition) is 8. The number of nitrogen functional groups attached to an aromatic ring is 1. The topological polar surface area (TPSA) is 119 Å². The fourth-order valence-electron chi connectivity index (χ4n) is 3.08. The summed E-state index contributed by atoms with van der Waals surface area (Å²) >= 11 is 0. The monoisotopic (exact) mass is 559 g/mol. The number of benzene rings is 2. The van der Waals surface area contributed by atoms with Gasteiger partial charge in [0.25, 0.3) is 0 Å². The molecule has 0 fully saturated rings. The van der Waals surface area contributed by atoms with Gasteiger partial charge in [-0.2, -0.15) is 5.10 Å². The highest BCUT2D eigenvalue weighted by atomic mass is 16.5. The molecule has 4 aromatic rings. The number of aldehydes is 1. The number of nitrogens with two attached hydrogens (primary N) is 1. The van der Waals surface area contributed by atoms with E-state index in [-0.39, 0.29) is 0 Å². The van der Waals surface area contributed by atoms with Crippen LogP contribution < -0.4 is 26.4 Å². The van der Waals surface area contributed by atoms with Crippen molar-refractivity contribution in [1.82, 2.24) is 25.2 Å². The minimum atomic E-state index is 0.292. The predicted molar refractivity (Wildman–Crippen MR) is 172 cm³/mol. The van der Waals surface area contributed by atoms with Crippen LogP contribution in [0.4, 0.5) is 11.5 Å². The van der Waals surface area contributed by atoms with Crippen molar-refractivity contribution in [1.29, 1.82) is 0 Å². The molecule has 0 spiro atoms. The maximum Gasteiger partial charge on any atom is 0.151 e. The van der Waals surface area contributed by atoms with Crippen molar-refractivity contribution in [3.63, 3.8) is 0 Å². The third kappa shape index (κ3) is 12.8. The molecule has 0 saturated carbocycles. The molecule has 0 unspecified atom stereocenters. The molecule has 9 heteroatoms. The first kappa shape index (κ1) is 34.4. The molecule has 4 rings (SSSR count). The Morgan fingerprint density at radius 2 is 1.71 bits per heavy atom. The first-order valence-corrected chi connectivity index (χ1v) is 13.3. The van der Waals surface area contributed by atoms with E-state index in [1.54, 1.807) is 16.8 Å². The van der Waals surface area contributed by atoms with Crippen molar-refractivity contribution in [2.45, 2.75) is 39.7 Å². The standard InChI is InChI=1S/C13H13NO.C10H10N4O.C5H13N.C4H9N/c1-14-11-6-5-9-13(10-11)15-12-7-3-2-4-8-12;1-2-3-8-7(5-15)4-14-9(8)10(11)12-6-13-14;1-5(2,3)6-4;1-3-4-5-2/h2-10,14H,1H3;2,4-6H,1,3H2,(H2,11,12,13);6H,1-4H3;3-5H,1-2H3/b;;;4-3+. The zero-order valence-electron chi connectivity index (χ0n) is 25.3. The van der Waals surface area contributed by atoms with Gasteiger partial charge in [-0.1, -0.05) is 36.4 Å². The molecule has 0 saturated heterocycles. The molecule has 2 aromatic carbocycles. The fourth-order valence-corrected chi connectivity index (χ4v) is 3.08. The summed E-state index contributed by atoms with van der Waals surface area (Å²) in [7, 11) is 5.72. The van der Waals surface area contributed by atoms with Crippen LogP contribution in [0.15, 0.2) is 92.1 Å². The molecule has 0 aliphatic carbocycles. The average molecular weight is 560 g/mol. The van der Waals surface area contributed by atoms with E-state index in [9.17, 15) is 4.79 Å². The third-order valence-electron chi connectivity index (χ3n) is 5.40. The highest BCUT2D eigenvalue weighted by molar-refractivity contribution is 5.85. The Bertz CT molecular complexity index is 1340. The molecule has 0 aliphatic rings. The van der Waals surface area contributed by atoms with Crippen molar-refractivity contribution in [3.05, 3.63) is 103 Å². The summed E-state index contributed by atoms with van der Waals surface area (Å²) in [5.41, 5.74) is 9.14. The number of nitrogens with zero attached hydrogens (tertiary/aromatic N) is 3. The number of para-hydroxylation sites is 1. The summed E-state index contributed by atoms with van der Waals surface area (Å²) in [5.74, 6) is 2.06. The zero-order valence-corrected chi connectivity index (χ0v) is 25.3. The lowest BCUT2D eigenvalue weighted by Gasteiger charge is -2.15. The Hall–Kier alpha value is -4.63. The van der Waals surface area contributed by atoms with Gasteiger partial charge in [0.1, 0.15) is 23.3 Å². The lowest BCUT2D eigenvalue weighted by atomic mass is 10.1. The van der Waals surface area contributed by atoms with Crippen molar-refractivity contribution in [3.8, 4) is 11.5 Å². The molecular weight excluding hydrogens is 514 g/mol. The number of carbonyl (C=O) groups excluding carboxylic acids is 1. The van der Waals surface area contributed by atoms with Gasteiger partial charge in [0.2, 0.25) is 0 Å². The molecule has 0 bridgehead atoms. The second-order valence-electron chi connectivity index (χ2n) is 9.59. The van der Waals surface area contributed by atoms with Crippen LogP contribution >= 0.6 is 0 Å². The minimum Gasteiger partial charge on any atom is -0.457 e. The molecule has 0 amide bonds. The molecular formula is C32H45N7O2. The van der Waals surface area contributed by atoms with E-state index in [1.807, 2.05) is 94.9 Å². The summed E-state index contributed by atoms with van der Waals surface area (Å²) in [6.45, 7) is 12.0. The van der Waals surface area contributed by atoms with Crippen molar-refractivity contribution < 1.29 is 9.53 Å². The van der Waals surface area contributed by atoms with Gasteiger partial charge in [0.15, 0.2) is 12.1 Å². The van der Waals surface area contributed by atoms with E-state index < -0.39 is 0 Å². The largest absolute Gasteiger partial charge is 0.457 e. The number of ether oxygens (including phenoxy) is 1. The van der Waals surface area contributed by atoms with Crippen molar-refractivity contribution in [2.24, 2.45) is 0 Å². The summed E-state index contributed by atoms with van der Waals surface area (Å²) in [6, 6.07) is 17.6. The zero-order chi connectivity index (χ0) is 30.7. The molecule has 0 radical (unpaired) electrons. The normalized spacial score (nSPS) is 10.2. The van der Waals surface area contributed by atoms with E-state index >= 15 is 0 Å². The van der Waals surface area contributed by atoms with Crippen LogP contribution in [0.2, 0.25) is 0 Å². The summed E-state index contributed by atoms with van der Waals surface area (Å²) in [5, 5.41) is 13.0. The summed E-state index contributed by atoms with van der Waals surface area (Å²) < 4.78 is 7.24. The fraction of sp³-hybridized carbons (Fsp3) is 0.281. The van der Waals surface area contributed by atoms with E-state index in [1.165, 1.54) is 6.33 Å². The van der Waals surface area contributed by atoms with Crippen LogP contribution in [0, 0.1) is 0 Å². The second-order valence-corrected chi connectivity index (χ2v) is 9.59. The Morgan fingerprint density at radius 1 is 1.05 bits per heavy atom. The minimum absolute atomic E-state index is 0.292. The Morgan fingerprint density at radius 3 is 2.22 bits per heavy atom. The molecule has 41 heavy (non-hydrogen) atoms. The molecule has 2 aromatic heterocycles. The number of carbonyl (C=O) groups is 1. The highest BCUT2D eigenvalue weighted by Gasteiger charge is 2.12. The highest BCUT2D eigenvalue weighted by Crippen LogP contribution is 2.23. The van der Waals surface area contributed by atoms with Gasteiger partial charge in [-0.25, -0.2) is 9.50 Å². The summed E-state index contributed by atoms with van der Waals surface area (Å²) in [4.78, 5) is 14.7. The van der Waals surface area contributed by atoms with E-state index in [0.717, 1.165) is 29.0 Å². The molecule has 0 aliphatic heterocycles. The first-order chi connectivity index (χ1) is 19.6. The Kier molecular flexibility index (Phi) is 15.6. The van der Waals surface area contributed by atoms with Crippen molar-refractivity contribution in [2.75, 3.05) is 32.2 Å². The van der Waals surface area contributed by atoms with Gasteiger partial charge in [0, 0.05) is 43.1 Å². The molecule has 0 atom stereocenters. The van der Waals surface area contributed by atoms with Crippen LogP contribution in [0.5, 0.6) is 11.5 Å². The number of nitrogens with one attached hydrogen (secondary N) is 3. The lowest BCUT2D eigenvalue weighted by molar-refractivity contribution is 0.112. The molecule has 5 N–H and O–H groups in total. The number of rotatable bonds is 7. The quantitative estimate of drug-likeness (QED) is 0.158. The van der Waals surface area contributed by atoms with E-state index in [0.29, 0.717) is 28.9 Å².